The van der Waals surface area contributed by atoms with Crippen molar-refractivity contribution < 1.29 is 9.59 Å². The van der Waals surface area contributed by atoms with Gasteiger partial charge in [-0.05, 0) is 30.7 Å². The average Bonchev–Trinajstić information content (AvgIpc) is 3.24. The molecule has 0 unspecified atom stereocenters. The molecule has 132 valence electrons. The number of anilines is 2. The first-order chi connectivity index (χ1) is 12.2. The highest BCUT2D eigenvalue weighted by molar-refractivity contribution is 7.15. The number of aromatic nitrogens is 2. The third-order valence-electron chi connectivity index (χ3n) is 3.98. The first kappa shape index (κ1) is 17.3. The van der Waals surface area contributed by atoms with E-state index in [-0.39, 0.29) is 11.9 Å². The molecule has 25 heavy (non-hydrogen) atoms. The van der Waals surface area contributed by atoms with Gasteiger partial charge in [0.15, 0.2) is 0 Å². The molecule has 1 aromatic carbocycles. The number of carbonyl (C=O) groups excluding carboxylic acids is 2. The van der Waals surface area contributed by atoms with E-state index >= 15 is 0 Å². The van der Waals surface area contributed by atoms with Crippen molar-refractivity contribution in [2.45, 2.75) is 32.6 Å². The van der Waals surface area contributed by atoms with Crippen LogP contribution in [0.5, 0.6) is 0 Å². The largest absolute Gasteiger partial charge is 0.336 e. The molecule has 0 atom stereocenters. The molecule has 3 amide bonds. The fraction of sp³-hybridized carbons (Fsp3) is 0.412. The zero-order valence-corrected chi connectivity index (χ0v) is 14.9. The fourth-order valence-electron chi connectivity index (χ4n) is 2.61. The molecule has 1 saturated heterocycles. The van der Waals surface area contributed by atoms with Gasteiger partial charge >= 0.3 is 6.03 Å². The summed E-state index contributed by atoms with van der Waals surface area (Å²) < 4.78 is 0. The molecule has 2 heterocycles. The number of urea groups is 1. The summed E-state index contributed by atoms with van der Waals surface area (Å²) in [6.07, 6.45) is 4.32. The summed E-state index contributed by atoms with van der Waals surface area (Å²) in [4.78, 5) is 25.6. The van der Waals surface area contributed by atoms with E-state index in [9.17, 15) is 9.59 Å². The van der Waals surface area contributed by atoms with Crippen molar-refractivity contribution in [2.75, 3.05) is 23.3 Å². The molecule has 0 aliphatic carbocycles. The Morgan fingerprint density at radius 2 is 2.08 bits per heavy atom. The van der Waals surface area contributed by atoms with Crippen LogP contribution in [-0.4, -0.2) is 35.2 Å². The van der Waals surface area contributed by atoms with Crippen LogP contribution in [0.3, 0.4) is 0 Å². The van der Waals surface area contributed by atoms with Crippen molar-refractivity contribution >= 4 is 34.1 Å². The van der Waals surface area contributed by atoms with Crippen LogP contribution in [0.15, 0.2) is 24.3 Å². The highest BCUT2D eigenvalue weighted by atomic mass is 32.1. The van der Waals surface area contributed by atoms with Crippen molar-refractivity contribution in [3.8, 4) is 0 Å². The first-order valence-corrected chi connectivity index (χ1v) is 9.28. The molecule has 0 radical (unpaired) electrons. The van der Waals surface area contributed by atoms with Crippen molar-refractivity contribution in [3.63, 3.8) is 0 Å². The van der Waals surface area contributed by atoms with Crippen LogP contribution in [-0.2, 0) is 6.42 Å². The molecular weight excluding hydrogens is 338 g/mol. The van der Waals surface area contributed by atoms with Crippen molar-refractivity contribution in [1.29, 1.82) is 0 Å². The average molecular weight is 359 g/mol. The number of hydrogen-bond donors (Lipinski definition) is 2. The molecule has 2 aromatic rings. The van der Waals surface area contributed by atoms with Gasteiger partial charge in [0, 0.05) is 30.8 Å². The smallest absolute Gasteiger partial charge is 0.321 e. The van der Waals surface area contributed by atoms with Gasteiger partial charge in [0.2, 0.25) is 5.13 Å². The van der Waals surface area contributed by atoms with Crippen molar-refractivity contribution in [2.24, 2.45) is 0 Å². The molecule has 1 aliphatic heterocycles. The predicted molar refractivity (Wildman–Crippen MR) is 98.3 cm³/mol. The van der Waals surface area contributed by atoms with E-state index < -0.39 is 0 Å². The third kappa shape index (κ3) is 4.33. The summed E-state index contributed by atoms with van der Waals surface area (Å²) in [7, 11) is 0. The van der Waals surface area contributed by atoms with E-state index in [1.807, 2.05) is 0 Å². The maximum atomic E-state index is 12.3. The SMILES string of the molecule is CCCCCc1nnc(NC(=O)c2ccc(N3CCNC3=O)cc2)s1. The van der Waals surface area contributed by atoms with Gasteiger partial charge in [-0.2, -0.15) is 0 Å². The topological polar surface area (TPSA) is 87.2 Å². The van der Waals surface area contributed by atoms with E-state index in [2.05, 4.69) is 27.8 Å². The summed E-state index contributed by atoms with van der Waals surface area (Å²) in [6, 6.07) is 6.85. The Labute approximate surface area is 150 Å². The Balaban J connectivity index is 1.58. The highest BCUT2D eigenvalue weighted by Crippen LogP contribution is 2.20. The molecule has 0 spiro atoms. The fourth-order valence-corrected chi connectivity index (χ4v) is 3.39. The minimum absolute atomic E-state index is 0.110. The Hall–Kier alpha value is -2.48. The number of amides is 3. The molecule has 1 aliphatic rings. The lowest BCUT2D eigenvalue weighted by Crippen LogP contribution is -2.27. The molecule has 0 saturated carbocycles. The summed E-state index contributed by atoms with van der Waals surface area (Å²) in [6.45, 7) is 3.43. The Morgan fingerprint density at radius 3 is 2.76 bits per heavy atom. The lowest BCUT2D eigenvalue weighted by Gasteiger charge is -2.14. The Morgan fingerprint density at radius 1 is 1.28 bits per heavy atom. The normalized spacial score (nSPS) is 13.8. The molecule has 1 fully saturated rings. The number of nitrogens with one attached hydrogen (secondary N) is 2. The van der Waals surface area contributed by atoms with Gasteiger partial charge in [0.05, 0.1) is 0 Å². The monoisotopic (exact) mass is 359 g/mol. The summed E-state index contributed by atoms with van der Waals surface area (Å²) in [5.41, 5.74) is 1.30. The molecule has 3 rings (SSSR count). The molecule has 8 heteroatoms. The lowest BCUT2D eigenvalue weighted by atomic mass is 10.2. The first-order valence-electron chi connectivity index (χ1n) is 8.46. The van der Waals surface area contributed by atoms with Crippen LogP contribution in [0.1, 0.15) is 41.6 Å². The number of benzene rings is 1. The van der Waals surface area contributed by atoms with E-state index in [1.54, 1.807) is 29.2 Å². The second-order valence-electron chi connectivity index (χ2n) is 5.84. The second-order valence-corrected chi connectivity index (χ2v) is 6.90. The quantitative estimate of drug-likeness (QED) is 0.744. The van der Waals surface area contributed by atoms with Gasteiger partial charge in [-0.25, -0.2) is 4.79 Å². The highest BCUT2D eigenvalue weighted by Gasteiger charge is 2.21. The van der Waals surface area contributed by atoms with Gasteiger partial charge in [0.1, 0.15) is 5.01 Å². The lowest BCUT2D eigenvalue weighted by molar-refractivity contribution is 0.102. The van der Waals surface area contributed by atoms with Crippen LogP contribution in [0.25, 0.3) is 0 Å². The van der Waals surface area contributed by atoms with Crippen LogP contribution in [0.4, 0.5) is 15.6 Å². The van der Waals surface area contributed by atoms with Crippen LogP contribution in [0.2, 0.25) is 0 Å². The Bertz CT molecular complexity index is 744. The summed E-state index contributed by atoms with van der Waals surface area (Å²) in [5, 5.41) is 15.1. The van der Waals surface area contributed by atoms with E-state index in [0.29, 0.717) is 23.8 Å². The minimum atomic E-state index is -0.228. The zero-order chi connectivity index (χ0) is 17.6. The Kier molecular flexibility index (Phi) is 5.60. The number of hydrogen-bond acceptors (Lipinski definition) is 5. The standard InChI is InChI=1S/C17H21N5O2S/c1-2-3-4-5-14-20-21-16(25-14)19-15(23)12-6-8-13(9-7-12)22-11-10-18-17(22)24/h6-9H,2-5,10-11H2,1H3,(H,18,24)(H,19,21,23). The van der Waals surface area contributed by atoms with Crippen LogP contribution >= 0.6 is 11.3 Å². The van der Waals surface area contributed by atoms with Crippen molar-refractivity contribution in [3.05, 3.63) is 34.8 Å². The summed E-state index contributed by atoms with van der Waals surface area (Å²) in [5.74, 6) is -0.228. The van der Waals surface area contributed by atoms with E-state index in [1.165, 1.54) is 17.8 Å². The second kappa shape index (κ2) is 8.06. The molecular formula is C17H21N5O2S. The van der Waals surface area contributed by atoms with Gasteiger partial charge in [-0.15, -0.1) is 10.2 Å². The van der Waals surface area contributed by atoms with Gasteiger partial charge in [-0.3, -0.25) is 15.0 Å². The maximum Gasteiger partial charge on any atom is 0.321 e. The number of carbonyl (C=O) groups is 2. The van der Waals surface area contributed by atoms with Gasteiger partial charge < -0.3 is 5.32 Å². The van der Waals surface area contributed by atoms with Crippen LogP contribution < -0.4 is 15.5 Å². The predicted octanol–water partition coefficient (Wildman–Crippen LogP) is 3.05. The number of rotatable bonds is 7. The summed E-state index contributed by atoms with van der Waals surface area (Å²) >= 11 is 1.41. The minimum Gasteiger partial charge on any atom is -0.336 e. The molecule has 1 aromatic heterocycles. The zero-order valence-electron chi connectivity index (χ0n) is 14.1. The van der Waals surface area contributed by atoms with E-state index in [4.69, 9.17) is 0 Å². The van der Waals surface area contributed by atoms with Crippen LogP contribution in [0, 0.1) is 0 Å². The molecule has 2 N–H and O–H groups in total. The van der Waals surface area contributed by atoms with Gasteiger partial charge in [0.25, 0.3) is 5.91 Å². The number of nitrogens with zero attached hydrogens (tertiary/aromatic N) is 3. The number of unbranched alkanes of at least 4 members (excludes halogenated alkanes) is 2. The molecule has 7 nitrogen and oxygen atoms in total. The molecule has 0 bridgehead atoms. The number of aryl methyl sites for hydroxylation is 1. The van der Waals surface area contributed by atoms with Crippen molar-refractivity contribution in [1.82, 2.24) is 15.5 Å². The van der Waals surface area contributed by atoms with E-state index in [0.717, 1.165) is 30.0 Å². The third-order valence-corrected chi connectivity index (χ3v) is 4.88. The maximum absolute atomic E-state index is 12.3. The van der Waals surface area contributed by atoms with Gasteiger partial charge in [-0.1, -0.05) is 31.1 Å².